The van der Waals surface area contributed by atoms with Crippen LogP contribution in [-0.2, 0) is 20.5 Å². The van der Waals surface area contributed by atoms with E-state index in [0.29, 0.717) is 30.5 Å². The molecule has 2 aromatic heterocycles. The van der Waals surface area contributed by atoms with E-state index in [4.69, 9.17) is 4.74 Å². The summed E-state index contributed by atoms with van der Waals surface area (Å²) in [6.45, 7) is 2.87. The van der Waals surface area contributed by atoms with Crippen molar-refractivity contribution in [3.05, 3.63) is 72.2 Å². The number of likely N-dealkylation sites (tertiary alicyclic amines) is 1. The molecule has 4 rings (SSSR count). The molecule has 1 amide bonds. The van der Waals surface area contributed by atoms with Gasteiger partial charge < -0.3 is 15.0 Å². The molecule has 0 saturated carbocycles. The van der Waals surface area contributed by atoms with E-state index in [-0.39, 0.29) is 6.61 Å². The molecule has 1 aliphatic rings. The Balaban J connectivity index is 1.33. The second kappa shape index (κ2) is 10.8. The predicted octanol–water partition coefficient (Wildman–Crippen LogP) is 5.18. The first kappa shape index (κ1) is 25.2. The number of aromatic nitrogens is 2. The van der Waals surface area contributed by atoms with Gasteiger partial charge in [-0.25, -0.2) is 14.8 Å². The van der Waals surface area contributed by atoms with Crippen molar-refractivity contribution in [2.45, 2.75) is 31.9 Å². The number of anilines is 2. The summed E-state index contributed by atoms with van der Waals surface area (Å²) in [7, 11) is 0. The van der Waals surface area contributed by atoms with Crippen LogP contribution in [0.4, 0.5) is 24.7 Å². The van der Waals surface area contributed by atoms with Gasteiger partial charge in [0.1, 0.15) is 11.5 Å². The third kappa shape index (κ3) is 5.99. The first-order chi connectivity index (χ1) is 17.2. The Kier molecular flexibility index (Phi) is 7.52. The molecular formula is C26H25F3N4O3. The second-order valence-corrected chi connectivity index (χ2v) is 8.40. The lowest BCUT2D eigenvalue weighted by atomic mass is 9.88. The predicted molar refractivity (Wildman–Crippen MR) is 127 cm³/mol. The zero-order valence-corrected chi connectivity index (χ0v) is 19.6. The number of amides is 1. The molecule has 0 radical (unpaired) electrons. The van der Waals surface area contributed by atoms with E-state index in [9.17, 15) is 22.8 Å². The van der Waals surface area contributed by atoms with Crippen LogP contribution in [0.2, 0.25) is 0 Å². The highest BCUT2D eigenvalue weighted by Crippen LogP contribution is 2.31. The Morgan fingerprint density at radius 3 is 2.22 bits per heavy atom. The van der Waals surface area contributed by atoms with Crippen LogP contribution in [0.25, 0.3) is 11.1 Å². The summed E-state index contributed by atoms with van der Waals surface area (Å²) >= 11 is 0. The molecule has 1 aliphatic heterocycles. The highest BCUT2D eigenvalue weighted by Gasteiger charge is 2.32. The van der Waals surface area contributed by atoms with E-state index in [0.717, 1.165) is 36.2 Å². The minimum Gasteiger partial charge on any atom is -0.459 e. The number of nitrogens with zero attached hydrogens (tertiary/aromatic N) is 3. The third-order valence-corrected chi connectivity index (χ3v) is 6.04. The number of carbonyl (C=O) groups excluding carboxylic acids is 2. The van der Waals surface area contributed by atoms with Crippen LogP contribution < -0.4 is 5.32 Å². The van der Waals surface area contributed by atoms with Crippen molar-refractivity contribution >= 4 is 23.4 Å². The van der Waals surface area contributed by atoms with Crippen LogP contribution in [-0.4, -0.2) is 46.4 Å². The quantitative estimate of drug-likeness (QED) is 0.386. The molecule has 3 heterocycles. The number of ether oxygens (including phenoxy) is 1. The van der Waals surface area contributed by atoms with Gasteiger partial charge in [0, 0.05) is 24.8 Å². The maximum Gasteiger partial charge on any atom is 0.433 e. The van der Waals surface area contributed by atoms with Crippen molar-refractivity contribution in [3.8, 4) is 11.1 Å². The summed E-state index contributed by atoms with van der Waals surface area (Å²) in [5.74, 6) is -0.592. The fourth-order valence-corrected chi connectivity index (χ4v) is 4.11. The lowest BCUT2D eigenvalue weighted by Gasteiger charge is -2.31. The van der Waals surface area contributed by atoms with Gasteiger partial charge in [-0.15, -0.1) is 0 Å². The summed E-state index contributed by atoms with van der Waals surface area (Å²) in [5.41, 5.74) is 2.50. The van der Waals surface area contributed by atoms with Gasteiger partial charge in [0.25, 0.3) is 0 Å². The monoisotopic (exact) mass is 498 g/mol. The summed E-state index contributed by atoms with van der Waals surface area (Å²) in [5, 5.41) is 2.94. The van der Waals surface area contributed by atoms with Gasteiger partial charge in [-0.1, -0.05) is 24.3 Å². The van der Waals surface area contributed by atoms with Gasteiger partial charge in [-0.2, -0.15) is 13.2 Å². The van der Waals surface area contributed by atoms with Crippen molar-refractivity contribution in [1.29, 1.82) is 0 Å². The van der Waals surface area contributed by atoms with E-state index < -0.39 is 23.7 Å². The maximum atomic E-state index is 12.7. The lowest BCUT2D eigenvalue weighted by Crippen LogP contribution is -2.42. The summed E-state index contributed by atoms with van der Waals surface area (Å²) in [4.78, 5) is 33.1. The number of rotatable bonds is 5. The van der Waals surface area contributed by atoms with Crippen LogP contribution in [0.3, 0.4) is 0 Å². The summed E-state index contributed by atoms with van der Waals surface area (Å²) in [6, 6.07) is 14.0. The molecule has 1 N–H and O–H groups in total. The van der Waals surface area contributed by atoms with Gasteiger partial charge in [0.05, 0.1) is 18.5 Å². The molecule has 1 aromatic carbocycles. The summed E-state index contributed by atoms with van der Waals surface area (Å²) in [6.07, 6.45) is -0.131. The molecule has 188 valence electrons. The number of hydrogen-bond donors (Lipinski definition) is 1. The highest BCUT2D eigenvalue weighted by molar-refractivity contribution is 6.32. The zero-order chi connectivity index (χ0) is 25.7. The number of carbonyl (C=O) groups is 2. The van der Waals surface area contributed by atoms with E-state index in [1.165, 1.54) is 11.6 Å². The van der Waals surface area contributed by atoms with Crippen molar-refractivity contribution in [2.24, 2.45) is 0 Å². The Morgan fingerprint density at radius 1 is 0.972 bits per heavy atom. The Labute approximate surface area is 206 Å². The number of piperidine rings is 1. The largest absolute Gasteiger partial charge is 0.459 e. The minimum atomic E-state index is -4.48. The number of pyridine rings is 2. The molecule has 0 bridgehead atoms. The first-order valence-electron chi connectivity index (χ1n) is 11.6. The SMILES string of the molecule is CCOC(=O)C(=O)N1CCC(c2ccc(-c3ccc(Nc4ccc(C(F)(F)F)nc4)nc3)cc2)CC1. The highest BCUT2D eigenvalue weighted by atomic mass is 19.4. The molecule has 0 spiro atoms. The standard InChI is InChI=1S/C26H25F3N4O3/c1-2-36-25(35)24(34)33-13-11-19(12-14-33)17-3-5-18(6-4-17)20-7-10-23(31-15-20)32-21-8-9-22(30-16-21)26(27,28)29/h3-10,15-16,19H,2,11-14H2,1H3,(H,31,32). The van der Waals surface area contributed by atoms with Crippen LogP contribution in [0.15, 0.2) is 60.9 Å². The molecule has 1 saturated heterocycles. The van der Waals surface area contributed by atoms with Gasteiger partial charge in [-0.05, 0) is 61.1 Å². The van der Waals surface area contributed by atoms with E-state index in [1.54, 1.807) is 24.1 Å². The molecule has 0 unspecified atom stereocenters. The van der Waals surface area contributed by atoms with E-state index in [1.807, 2.05) is 18.2 Å². The molecule has 10 heteroatoms. The normalized spacial score (nSPS) is 14.4. The number of hydrogen-bond acceptors (Lipinski definition) is 6. The number of halogens is 3. The van der Waals surface area contributed by atoms with Crippen molar-refractivity contribution in [3.63, 3.8) is 0 Å². The topological polar surface area (TPSA) is 84.4 Å². The van der Waals surface area contributed by atoms with Gasteiger partial charge in [-0.3, -0.25) is 4.79 Å². The van der Waals surface area contributed by atoms with Gasteiger partial charge >= 0.3 is 18.1 Å². The smallest absolute Gasteiger partial charge is 0.433 e. The van der Waals surface area contributed by atoms with Crippen molar-refractivity contribution in [2.75, 3.05) is 25.0 Å². The average molecular weight is 499 g/mol. The molecule has 36 heavy (non-hydrogen) atoms. The van der Waals surface area contributed by atoms with E-state index >= 15 is 0 Å². The molecule has 3 aromatic rings. The Hall–Kier alpha value is -3.95. The maximum absolute atomic E-state index is 12.7. The van der Waals surface area contributed by atoms with Crippen LogP contribution in [0.1, 0.15) is 36.9 Å². The van der Waals surface area contributed by atoms with Crippen LogP contribution in [0, 0.1) is 0 Å². The zero-order valence-electron chi connectivity index (χ0n) is 19.6. The number of nitrogens with one attached hydrogen (secondary N) is 1. The summed E-state index contributed by atoms with van der Waals surface area (Å²) < 4.78 is 42.8. The molecule has 1 fully saturated rings. The molecule has 7 nitrogen and oxygen atoms in total. The van der Waals surface area contributed by atoms with Gasteiger partial charge in [0.2, 0.25) is 0 Å². The molecular weight excluding hydrogens is 473 g/mol. The molecule has 0 atom stereocenters. The fraction of sp³-hybridized carbons (Fsp3) is 0.308. The molecule has 0 aliphatic carbocycles. The van der Waals surface area contributed by atoms with Crippen molar-refractivity contribution < 1.29 is 27.5 Å². The Bertz CT molecular complexity index is 1190. The lowest BCUT2D eigenvalue weighted by molar-refractivity contribution is -0.160. The fourth-order valence-electron chi connectivity index (χ4n) is 4.11. The number of benzene rings is 1. The van der Waals surface area contributed by atoms with Crippen LogP contribution >= 0.6 is 0 Å². The number of alkyl halides is 3. The average Bonchev–Trinajstić information content (AvgIpc) is 2.89. The Morgan fingerprint density at radius 2 is 1.67 bits per heavy atom. The van der Waals surface area contributed by atoms with E-state index in [2.05, 4.69) is 27.4 Å². The van der Waals surface area contributed by atoms with Crippen molar-refractivity contribution in [1.82, 2.24) is 14.9 Å². The second-order valence-electron chi connectivity index (χ2n) is 8.40. The minimum absolute atomic E-state index is 0.179. The third-order valence-electron chi connectivity index (χ3n) is 6.04. The van der Waals surface area contributed by atoms with Gasteiger partial charge in [0.15, 0.2) is 0 Å². The number of esters is 1. The van der Waals surface area contributed by atoms with Crippen LogP contribution in [0.5, 0.6) is 0 Å². The first-order valence-corrected chi connectivity index (χ1v) is 11.6.